The van der Waals surface area contributed by atoms with Crippen molar-refractivity contribution in [2.24, 2.45) is 0 Å². The van der Waals surface area contributed by atoms with Crippen LogP contribution in [0.25, 0.3) is 0 Å². The first-order valence-electron chi connectivity index (χ1n) is 3.92. The van der Waals surface area contributed by atoms with Gasteiger partial charge in [0.25, 0.3) is 11.0 Å². The first-order chi connectivity index (χ1) is 6.45. The zero-order chi connectivity index (χ0) is 11.1. The van der Waals surface area contributed by atoms with Crippen molar-refractivity contribution in [3.05, 3.63) is 0 Å². The third kappa shape index (κ3) is 5.87. The molecular formula is C7H12N2O3S2. The largest absolute Gasteiger partial charge is 0.353 e. The molecule has 7 heteroatoms. The lowest BCUT2D eigenvalue weighted by Gasteiger charge is -2.06. The molecule has 0 aliphatic heterocycles. The number of carbonyl (C=O) groups excluding carboxylic acids is 3. The van der Waals surface area contributed by atoms with Gasteiger partial charge < -0.3 is 10.6 Å². The number of hydrogen-bond donors (Lipinski definition) is 4. The Hall–Kier alpha value is -0.690. The molecular weight excluding hydrogens is 224 g/mol. The van der Waals surface area contributed by atoms with Gasteiger partial charge in [-0.25, -0.2) is 0 Å². The standard InChI is InChI=1S/C7H12N2O3S2/c1-4(13)5(10)8-2-3-9-6(11)7(12)14/h4,13H,2-3H2,1H3,(H,8,10)(H,9,11)(H,12,14). The van der Waals surface area contributed by atoms with Crippen LogP contribution in [0.2, 0.25) is 0 Å². The quantitative estimate of drug-likeness (QED) is 0.281. The molecule has 5 nitrogen and oxygen atoms in total. The van der Waals surface area contributed by atoms with E-state index in [-0.39, 0.29) is 19.0 Å². The van der Waals surface area contributed by atoms with Gasteiger partial charge in [0.2, 0.25) is 5.91 Å². The van der Waals surface area contributed by atoms with Crippen molar-refractivity contribution in [3.63, 3.8) is 0 Å². The molecule has 0 heterocycles. The van der Waals surface area contributed by atoms with Crippen LogP contribution in [-0.2, 0) is 14.4 Å². The highest BCUT2D eigenvalue weighted by Crippen LogP contribution is 1.89. The molecule has 0 saturated heterocycles. The molecule has 2 N–H and O–H groups in total. The van der Waals surface area contributed by atoms with Gasteiger partial charge >= 0.3 is 0 Å². The summed E-state index contributed by atoms with van der Waals surface area (Å²) in [6.07, 6.45) is 0. The molecule has 0 aromatic heterocycles. The van der Waals surface area contributed by atoms with E-state index in [1.807, 2.05) is 0 Å². The van der Waals surface area contributed by atoms with Gasteiger partial charge in [-0.05, 0) is 6.92 Å². The molecule has 2 amide bonds. The highest BCUT2D eigenvalue weighted by Gasteiger charge is 2.08. The molecule has 0 bridgehead atoms. The van der Waals surface area contributed by atoms with Crippen LogP contribution in [0.3, 0.4) is 0 Å². The van der Waals surface area contributed by atoms with E-state index in [4.69, 9.17) is 0 Å². The van der Waals surface area contributed by atoms with Gasteiger partial charge in [-0.15, -0.1) is 0 Å². The summed E-state index contributed by atoms with van der Waals surface area (Å²) < 4.78 is 0. The van der Waals surface area contributed by atoms with E-state index in [9.17, 15) is 14.4 Å². The number of carbonyl (C=O) groups is 3. The second-order valence-corrected chi connectivity index (χ2v) is 3.71. The van der Waals surface area contributed by atoms with Gasteiger partial charge in [0.15, 0.2) is 0 Å². The maximum Gasteiger partial charge on any atom is 0.298 e. The van der Waals surface area contributed by atoms with E-state index in [0.717, 1.165) is 0 Å². The fraction of sp³-hybridized carbons (Fsp3) is 0.571. The summed E-state index contributed by atoms with van der Waals surface area (Å²) in [7, 11) is 0. The molecule has 0 aliphatic carbocycles. The Bertz CT molecular complexity index is 243. The summed E-state index contributed by atoms with van der Waals surface area (Å²) in [4.78, 5) is 31.9. The maximum absolute atomic E-state index is 10.9. The summed E-state index contributed by atoms with van der Waals surface area (Å²) >= 11 is 7.22. The van der Waals surface area contributed by atoms with E-state index in [0.29, 0.717) is 0 Å². The summed E-state index contributed by atoms with van der Waals surface area (Å²) in [5.41, 5.74) is 0. The molecule has 0 radical (unpaired) electrons. The van der Waals surface area contributed by atoms with Crippen molar-refractivity contribution in [1.29, 1.82) is 0 Å². The summed E-state index contributed by atoms with van der Waals surface area (Å²) in [5.74, 6) is -0.999. The minimum absolute atomic E-state index is 0.192. The van der Waals surface area contributed by atoms with Crippen LogP contribution in [0.15, 0.2) is 0 Å². The van der Waals surface area contributed by atoms with Crippen LogP contribution in [0.1, 0.15) is 6.92 Å². The van der Waals surface area contributed by atoms with Crippen molar-refractivity contribution >= 4 is 42.2 Å². The summed E-state index contributed by atoms with van der Waals surface area (Å²) in [6, 6.07) is 0. The summed E-state index contributed by atoms with van der Waals surface area (Å²) in [6.45, 7) is 2.09. The topological polar surface area (TPSA) is 75.3 Å². The third-order valence-electron chi connectivity index (χ3n) is 1.28. The van der Waals surface area contributed by atoms with Gasteiger partial charge in [-0.3, -0.25) is 14.4 Å². The zero-order valence-electron chi connectivity index (χ0n) is 7.61. The van der Waals surface area contributed by atoms with Crippen LogP contribution in [-0.4, -0.2) is 35.3 Å². The number of nitrogens with one attached hydrogen (secondary N) is 2. The minimum atomic E-state index is -0.848. The Balaban J connectivity index is 3.52. The van der Waals surface area contributed by atoms with Gasteiger partial charge in [0, 0.05) is 13.1 Å². The molecule has 0 fully saturated rings. The van der Waals surface area contributed by atoms with E-state index in [1.165, 1.54) is 0 Å². The predicted octanol–water partition coefficient (Wildman–Crippen LogP) is -1.01. The zero-order valence-corrected chi connectivity index (χ0v) is 9.40. The Kier molecular flexibility index (Phi) is 6.39. The van der Waals surface area contributed by atoms with Crippen molar-refractivity contribution in [2.45, 2.75) is 12.2 Å². The molecule has 0 saturated carbocycles. The smallest absolute Gasteiger partial charge is 0.298 e. The van der Waals surface area contributed by atoms with E-state index in [1.54, 1.807) is 6.92 Å². The summed E-state index contributed by atoms with van der Waals surface area (Å²) in [5, 5.41) is 3.54. The van der Waals surface area contributed by atoms with Crippen LogP contribution in [0.4, 0.5) is 0 Å². The van der Waals surface area contributed by atoms with Crippen LogP contribution in [0, 0.1) is 0 Å². The number of rotatable bonds is 5. The van der Waals surface area contributed by atoms with Gasteiger partial charge in [0.05, 0.1) is 5.25 Å². The molecule has 0 spiro atoms. The van der Waals surface area contributed by atoms with Gasteiger partial charge in [-0.1, -0.05) is 12.6 Å². The van der Waals surface area contributed by atoms with E-state index < -0.39 is 16.3 Å². The van der Waals surface area contributed by atoms with Crippen LogP contribution >= 0.6 is 25.3 Å². The fourth-order valence-electron chi connectivity index (χ4n) is 0.585. The Morgan fingerprint density at radius 3 is 2.14 bits per heavy atom. The first kappa shape index (κ1) is 13.3. The van der Waals surface area contributed by atoms with Crippen LogP contribution < -0.4 is 10.6 Å². The predicted molar refractivity (Wildman–Crippen MR) is 58.5 cm³/mol. The Morgan fingerprint density at radius 2 is 1.71 bits per heavy atom. The van der Waals surface area contributed by atoms with Crippen molar-refractivity contribution in [3.8, 4) is 0 Å². The minimum Gasteiger partial charge on any atom is -0.353 e. The van der Waals surface area contributed by atoms with Crippen molar-refractivity contribution in [2.75, 3.05) is 13.1 Å². The molecule has 0 rings (SSSR count). The first-order valence-corrected chi connectivity index (χ1v) is 4.88. The van der Waals surface area contributed by atoms with Crippen molar-refractivity contribution in [1.82, 2.24) is 10.6 Å². The SMILES string of the molecule is CC(S)C(=O)NCCNC(=O)C(=O)S. The Labute approximate surface area is 92.8 Å². The maximum atomic E-state index is 10.9. The third-order valence-corrected chi connectivity index (χ3v) is 1.72. The molecule has 0 aromatic carbocycles. The monoisotopic (exact) mass is 236 g/mol. The van der Waals surface area contributed by atoms with E-state index in [2.05, 4.69) is 35.9 Å². The highest BCUT2D eigenvalue weighted by atomic mass is 32.1. The average Bonchev–Trinajstić information content (AvgIpc) is 2.11. The Morgan fingerprint density at radius 1 is 1.21 bits per heavy atom. The lowest BCUT2D eigenvalue weighted by Crippen LogP contribution is -2.38. The molecule has 80 valence electrons. The second kappa shape index (κ2) is 6.72. The van der Waals surface area contributed by atoms with Gasteiger partial charge in [0.1, 0.15) is 0 Å². The molecule has 1 atom stereocenters. The lowest BCUT2D eigenvalue weighted by molar-refractivity contribution is -0.133. The number of thiol groups is 2. The number of hydrogen-bond acceptors (Lipinski definition) is 4. The molecule has 0 aromatic rings. The molecule has 0 aliphatic rings. The van der Waals surface area contributed by atoms with E-state index >= 15 is 0 Å². The average molecular weight is 236 g/mol. The van der Waals surface area contributed by atoms with Crippen LogP contribution in [0.5, 0.6) is 0 Å². The molecule has 14 heavy (non-hydrogen) atoms. The normalized spacial score (nSPS) is 11.6. The fourth-order valence-corrected chi connectivity index (χ4v) is 0.755. The second-order valence-electron chi connectivity index (χ2n) is 2.53. The van der Waals surface area contributed by atoms with Crippen molar-refractivity contribution < 1.29 is 14.4 Å². The lowest BCUT2D eigenvalue weighted by atomic mass is 10.4. The highest BCUT2D eigenvalue weighted by molar-refractivity contribution is 7.98. The number of amides is 2. The van der Waals surface area contributed by atoms with Gasteiger partial charge in [-0.2, -0.15) is 12.6 Å². The molecule has 1 unspecified atom stereocenters.